The average Bonchev–Trinajstić information content (AvgIpc) is 3.05. The molecule has 24 heavy (non-hydrogen) atoms. The smallest absolute Gasteiger partial charge is 0.347 e. The third kappa shape index (κ3) is 5.15. The molecular formula is C16H20N2O6. The van der Waals surface area contributed by atoms with E-state index in [2.05, 4.69) is 10.5 Å². The summed E-state index contributed by atoms with van der Waals surface area (Å²) in [5.74, 6) is 0.311. The van der Waals surface area contributed by atoms with Gasteiger partial charge in [-0.15, -0.1) is 0 Å². The van der Waals surface area contributed by atoms with Gasteiger partial charge < -0.3 is 24.4 Å². The maximum atomic E-state index is 11.5. The molecule has 1 aliphatic heterocycles. The number of hydrogen-bond donors (Lipinski definition) is 1. The van der Waals surface area contributed by atoms with E-state index in [4.69, 9.17) is 19.0 Å². The molecule has 1 heterocycles. The lowest BCUT2D eigenvalue weighted by Gasteiger charge is -2.06. The van der Waals surface area contributed by atoms with Crippen molar-refractivity contribution in [2.24, 2.45) is 5.16 Å². The number of nitrogens with zero attached hydrogens (tertiary/aromatic N) is 1. The number of esters is 1. The highest BCUT2D eigenvalue weighted by Gasteiger charge is 2.14. The minimum Gasteiger partial charge on any atom is -0.454 e. The summed E-state index contributed by atoms with van der Waals surface area (Å²) >= 11 is 0. The standard InChI is InChI=1S/C16H20N2O6/c1-3-6-17-15(19)8-21-16(20)9-24-18-11(2)12-4-5-13-14(7-12)23-10-22-13/h4-5,7H,3,6,8-10H2,1-2H3,(H,17,19)/b18-11+. The van der Waals surface area contributed by atoms with Crippen LogP contribution in [0.25, 0.3) is 0 Å². The minimum atomic E-state index is -0.663. The molecule has 0 spiro atoms. The first-order chi connectivity index (χ1) is 11.6. The second-order valence-electron chi connectivity index (χ2n) is 5.03. The molecule has 0 fully saturated rings. The van der Waals surface area contributed by atoms with Crippen LogP contribution >= 0.6 is 0 Å². The van der Waals surface area contributed by atoms with Crippen LogP contribution < -0.4 is 14.8 Å². The van der Waals surface area contributed by atoms with Crippen molar-refractivity contribution in [3.63, 3.8) is 0 Å². The SMILES string of the molecule is CCCNC(=O)COC(=O)CO/N=C(\C)c1ccc2c(c1)OCO2. The number of hydrogen-bond acceptors (Lipinski definition) is 7. The lowest BCUT2D eigenvalue weighted by atomic mass is 10.1. The molecule has 8 nitrogen and oxygen atoms in total. The van der Waals surface area contributed by atoms with Crippen LogP contribution in [0.5, 0.6) is 11.5 Å². The Labute approximate surface area is 139 Å². The van der Waals surface area contributed by atoms with Gasteiger partial charge in [0.05, 0.1) is 5.71 Å². The van der Waals surface area contributed by atoms with Crippen molar-refractivity contribution < 1.29 is 28.6 Å². The van der Waals surface area contributed by atoms with Gasteiger partial charge in [0, 0.05) is 12.1 Å². The third-order valence-corrected chi connectivity index (χ3v) is 3.11. The van der Waals surface area contributed by atoms with Gasteiger partial charge >= 0.3 is 5.97 Å². The van der Waals surface area contributed by atoms with E-state index in [1.165, 1.54) is 0 Å². The molecule has 0 saturated carbocycles. The molecule has 130 valence electrons. The Morgan fingerprint density at radius 3 is 2.83 bits per heavy atom. The second kappa shape index (κ2) is 8.76. The van der Waals surface area contributed by atoms with Gasteiger partial charge in [-0.3, -0.25) is 4.79 Å². The number of fused-ring (bicyclic) bond motifs is 1. The lowest BCUT2D eigenvalue weighted by molar-refractivity contribution is -0.152. The predicted molar refractivity (Wildman–Crippen MR) is 85.0 cm³/mol. The van der Waals surface area contributed by atoms with Crippen LogP contribution in [0.3, 0.4) is 0 Å². The van der Waals surface area contributed by atoms with Crippen molar-refractivity contribution in [1.29, 1.82) is 0 Å². The van der Waals surface area contributed by atoms with Crippen molar-refractivity contribution in [2.75, 3.05) is 26.6 Å². The van der Waals surface area contributed by atoms with Gasteiger partial charge in [0.1, 0.15) is 0 Å². The molecule has 1 N–H and O–H groups in total. The maximum absolute atomic E-state index is 11.5. The lowest BCUT2D eigenvalue weighted by Crippen LogP contribution is -2.29. The van der Waals surface area contributed by atoms with Crippen LogP contribution in [0.4, 0.5) is 0 Å². The summed E-state index contributed by atoms with van der Waals surface area (Å²) in [6.45, 7) is 3.72. The van der Waals surface area contributed by atoms with Crippen molar-refractivity contribution in [3.05, 3.63) is 23.8 Å². The van der Waals surface area contributed by atoms with E-state index >= 15 is 0 Å². The average molecular weight is 336 g/mol. The Hall–Kier alpha value is -2.77. The number of oxime groups is 1. The van der Waals surface area contributed by atoms with Crippen LogP contribution in [0.1, 0.15) is 25.8 Å². The quantitative estimate of drug-likeness (QED) is 0.436. The van der Waals surface area contributed by atoms with E-state index < -0.39 is 5.97 Å². The van der Waals surface area contributed by atoms with Gasteiger partial charge in [-0.1, -0.05) is 12.1 Å². The van der Waals surface area contributed by atoms with Crippen LogP contribution in [0, 0.1) is 0 Å². The van der Waals surface area contributed by atoms with E-state index in [1.807, 2.05) is 13.0 Å². The monoisotopic (exact) mass is 336 g/mol. The highest BCUT2D eigenvalue weighted by atomic mass is 16.7. The predicted octanol–water partition coefficient (Wildman–Crippen LogP) is 1.23. The molecule has 0 unspecified atom stereocenters. The van der Waals surface area contributed by atoms with E-state index in [0.29, 0.717) is 23.8 Å². The number of rotatable bonds is 8. The zero-order valence-electron chi connectivity index (χ0n) is 13.7. The summed E-state index contributed by atoms with van der Waals surface area (Å²) in [4.78, 5) is 27.7. The molecule has 2 rings (SSSR count). The Balaban J connectivity index is 1.74. The van der Waals surface area contributed by atoms with E-state index in [-0.39, 0.29) is 25.9 Å². The van der Waals surface area contributed by atoms with Crippen LogP contribution in [-0.4, -0.2) is 44.1 Å². The maximum Gasteiger partial charge on any atom is 0.347 e. The summed E-state index contributed by atoms with van der Waals surface area (Å²) in [5, 5.41) is 6.45. The zero-order valence-corrected chi connectivity index (χ0v) is 13.7. The summed E-state index contributed by atoms with van der Waals surface area (Å²) in [5.41, 5.74) is 1.35. The van der Waals surface area contributed by atoms with Gasteiger partial charge in [-0.05, 0) is 31.5 Å². The zero-order chi connectivity index (χ0) is 17.4. The molecule has 8 heteroatoms. The number of nitrogens with one attached hydrogen (secondary N) is 1. The second-order valence-corrected chi connectivity index (χ2v) is 5.03. The fourth-order valence-corrected chi connectivity index (χ4v) is 1.86. The molecule has 0 aliphatic carbocycles. The first-order valence-corrected chi connectivity index (χ1v) is 7.59. The van der Waals surface area contributed by atoms with Gasteiger partial charge in [0.2, 0.25) is 13.4 Å². The molecule has 1 aromatic rings. The van der Waals surface area contributed by atoms with E-state index in [1.54, 1.807) is 19.1 Å². The fourth-order valence-electron chi connectivity index (χ4n) is 1.86. The van der Waals surface area contributed by atoms with Crippen LogP contribution in [-0.2, 0) is 19.2 Å². The fraction of sp³-hybridized carbons (Fsp3) is 0.438. The van der Waals surface area contributed by atoms with Crippen LogP contribution in [0.2, 0.25) is 0 Å². The number of carbonyl (C=O) groups excluding carboxylic acids is 2. The van der Waals surface area contributed by atoms with Crippen molar-refractivity contribution in [1.82, 2.24) is 5.32 Å². The summed E-state index contributed by atoms with van der Waals surface area (Å²) in [6.07, 6.45) is 0.816. The molecule has 0 aromatic heterocycles. The van der Waals surface area contributed by atoms with Gasteiger partial charge in [-0.25, -0.2) is 4.79 Å². The highest BCUT2D eigenvalue weighted by Crippen LogP contribution is 2.32. The minimum absolute atomic E-state index is 0.198. The number of carbonyl (C=O) groups is 2. The summed E-state index contributed by atoms with van der Waals surface area (Å²) in [6, 6.07) is 5.37. The number of amides is 1. The van der Waals surface area contributed by atoms with Crippen molar-refractivity contribution in [2.45, 2.75) is 20.3 Å². The number of benzene rings is 1. The van der Waals surface area contributed by atoms with E-state index in [0.717, 1.165) is 12.0 Å². The van der Waals surface area contributed by atoms with Gasteiger partial charge in [0.15, 0.2) is 18.1 Å². The summed E-state index contributed by atoms with van der Waals surface area (Å²) < 4.78 is 15.3. The first kappa shape index (κ1) is 17.6. The molecule has 0 bridgehead atoms. The van der Waals surface area contributed by atoms with Gasteiger partial charge in [-0.2, -0.15) is 0 Å². The van der Waals surface area contributed by atoms with Crippen molar-refractivity contribution >= 4 is 17.6 Å². The third-order valence-electron chi connectivity index (χ3n) is 3.11. The van der Waals surface area contributed by atoms with Crippen molar-refractivity contribution in [3.8, 4) is 11.5 Å². The highest BCUT2D eigenvalue weighted by molar-refractivity contribution is 5.99. The molecular weight excluding hydrogens is 316 g/mol. The molecule has 1 aromatic carbocycles. The molecule has 0 atom stereocenters. The van der Waals surface area contributed by atoms with Crippen LogP contribution in [0.15, 0.2) is 23.4 Å². The van der Waals surface area contributed by atoms with Gasteiger partial charge in [0.25, 0.3) is 5.91 Å². The molecule has 1 amide bonds. The Morgan fingerprint density at radius 2 is 2.04 bits per heavy atom. The molecule has 0 radical (unpaired) electrons. The topological polar surface area (TPSA) is 95.5 Å². The largest absolute Gasteiger partial charge is 0.454 e. The Bertz CT molecular complexity index is 629. The molecule has 1 aliphatic rings. The first-order valence-electron chi connectivity index (χ1n) is 7.59. The summed E-state index contributed by atoms with van der Waals surface area (Å²) in [7, 11) is 0. The normalized spacial score (nSPS) is 12.7. The number of ether oxygens (including phenoxy) is 3. The van der Waals surface area contributed by atoms with E-state index in [9.17, 15) is 9.59 Å². The Kier molecular flexibility index (Phi) is 6.41. The Morgan fingerprint density at radius 1 is 1.25 bits per heavy atom. The molecule has 0 saturated heterocycles.